The highest BCUT2D eigenvalue weighted by atomic mass is 32.1. The highest BCUT2D eigenvalue weighted by Gasteiger charge is 2.32. The lowest BCUT2D eigenvalue weighted by Gasteiger charge is -2.24. The Bertz CT molecular complexity index is 1120. The Kier molecular flexibility index (Phi) is 8.26. The number of carbonyl (C=O) groups is 1. The number of nitrogens with zero attached hydrogens (tertiary/aromatic N) is 2. The van der Waals surface area contributed by atoms with Crippen LogP contribution in [0.2, 0.25) is 0 Å². The van der Waals surface area contributed by atoms with Crippen LogP contribution in [0.25, 0.3) is 0 Å². The minimum atomic E-state index is -4.58. The fourth-order valence-corrected chi connectivity index (χ4v) is 5.41. The van der Waals surface area contributed by atoms with E-state index in [0.29, 0.717) is 18.0 Å². The standard InChI is InChI=1S/C26H34F3N3O3S/c1-25(2,3)22-15-32(14-19-8-6-12-34-19)24(36-22)31-23(33)20-13-17(26(27,28)29)9-10-21(20)35-16-18-7-4-5-11-30-18/h9-10,13,15,18-19,30H,4-8,11-12,14,16H2,1-3H3/t18-,19?/m0/s1. The third kappa shape index (κ3) is 6.77. The maximum atomic E-state index is 13.5. The monoisotopic (exact) mass is 525 g/mol. The number of thiazole rings is 1. The van der Waals surface area contributed by atoms with Gasteiger partial charge in [0.05, 0.1) is 23.8 Å². The maximum Gasteiger partial charge on any atom is 0.416 e. The molecule has 0 radical (unpaired) electrons. The zero-order valence-corrected chi connectivity index (χ0v) is 21.8. The van der Waals surface area contributed by atoms with E-state index >= 15 is 0 Å². The third-order valence-corrected chi connectivity index (χ3v) is 7.92. The van der Waals surface area contributed by atoms with Gasteiger partial charge in [0.15, 0.2) is 4.80 Å². The van der Waals surface area contributed by atoms with Crippen LogP contribution in [-0.4, -0.2) is 42.4 Å². The quantitative estimate of drug-likeness (QED) is 0.556. The molecule has 0 spiro atoms. The molecule has 36 heavy (non-hydrogen) atoms. The second-order valence-corrected chi connectivity index (χ2v) is 11.5. The van der Waals surface area contributed by atoms with Crippen LogP contribution in [0.15, 0.2) is 29.4 Å². The molecule has 4 rings (SSSR count). The van der Waals surface area contributed by atoms with Crippen LogP contribution in [0, 0.1) is 0 Å². The Morgan fingerprint density at radius 1 is 1.22 bits per heavy atom. The van der Waals surface area contributed by atoms with Crippen molar-refractivity contribution in [2.75, 3.05) is 19.8 Å². The Morgan fingerprint density at radius 2 is 2.03 bits per heavy atom. The third-order valence-electron chi connectivity index (χ3n) is 6.47. The van der Waals surface area contributed by atoms with Gasteiger partial charge in [-0.15, -0.1) is 11.3 Å². The van der Waals surface area contributed by atoms with Gasteiger partial charge in [0.2, 0.25) is 0 Å². The highest BCUT2D eigenvalue weighted by molar-refractivity contribution is 7.09. The van der Waals surface area contributed by atoms with E-state index in [-0.39, 0.29) is 35.5 Å². The molecular formula is C26H34F3N3O3S. The number of ether oxygens (including phenoxy) is 2. The Labute approximate surface area is 213 Å². The number of piperidine rings is 1. The lowest BCUT2D eigenvalue weighted by Crippen LogP contribution is -2.38. The summed E-state index contributed by atoms with van der Waals surface area (Å²) in [4.78, 5) is 19.1. The summed E-state index contributed by atoms with van der Waals surface area (Å²) in [5.74, 6) is -0.640. The molecule has 2 saturated heterocycles. The average Bonchev–Trinajstić information content (AvgIpc) is 3.48. The molecule has 1 unspecified atom stereocenters. The Hall–Kier alpha value is -2.17. The first kappa shape index (κ1) is 26.9. The van der Waals surface area contributed by atoms with E-state index in [4.69, 9.17) is 9.47 Å². The molecule has 1 aromatic heterocycles. The van der Waals surface area contributed by atoms with Gasteiger partial charge in [0.25, 0.3) is 5.91 Å². The predicted molar refractivity (Wildman–Crippen MR) is 132 cm³/mol. The van der Waals surface area contributed by atoms with Crippen LogP contribution in [0.4, 0.5) is 13.2 Å². The lowest BCUT2D eigenvalue weighted by molar-refractivity contribution is -0.137. The van der Waals surface area contributed by atoms with E-state index in [9.17, 15) is 18.0 Å². The van der Waals surface area contributed by atoms with Gasteiger partial charge in [-0.2, -0.15) is 18.2 Å². The topological polar surface area (TPSA) is 64.9 Å². The number of rotatable bonds is 6. The number of benzene rings is 1. The van der Waals surface area contributed by atoms with E-state index in [1.807, 2.05) is 10.8 Å². The molecule has 1 aromatic carbocycles. The second kappa shape index (κ2) is 11.1. The molecule has 2 atom stereocenters. The van der Waals surface area contributed by atoms with Gasteiger partial charge in [-0.05, 0) is 55.8 Å². The zero-order chi connectivity index (χ0) is 25.9. The van der Waals surface area contributed by atoms with Crippen LogP contribution in [-0.2, 0) is 22.9 Å². The normalized spacial score (nSPS) is 21.7. The number of hydrogen-bond acceptors (Lipinski definition) is 5. The molecule has 1 N–H and O–H groups in total. The van der Waals surface area contributed by atoms with Gasteiger partial charge < -0.3 is 19.4 Å². The molecule has 6 nitrogen and oxygen atoms in total. The molecule has 1 amide bonds. The van der Waals surface area contributed by atoms with Gasteiger partial charge in [-0.25, -0.2) is 0 Å². The summed E-state index contributed by atoms with van der Waals surface area (Å²) < 4.78 is 54.0. The number of halogens is 3. The number of aromatic nitrogens is 1. The fraction of sp³-hybridized carbons (Fsp3) is 0.615. The molecule has 10 heteroatoms. The first-order chi connectivity index (χ1) is 17.0. The van der Waals surface area contributed by atoms with Crippen LogP contribution < -0.4 is 14.9 Å². The molecule has 0 bridgehead atoms. The number of hydrogen-bond donors (Lipinski definition) is 1. The van der Waals surface area contributed by atoms with Gasteiger partial charge >= 0.3 is 6.18 Å². The molecule has 198 valence electrons. The van der Waals surface area contributed by atoms with Gasteiger partial charge in [-0.1, -0.05) is 27.2 Å². The van der Waals surface area contributed by atoms with E-state index < -0.39 is 17.6 Å². The van der Waals surface area contributed by atoms with Crippen molar-refractivity contribution in [2.24, 2.45) is 4.99 Å². The number of amides is 1. The van der Waals surface area contributed by atoms with Crippen molar-refractivity contribution in [1.82, 2.24) is 9.88 Å². The molecule has 2 aliphatic rings. The van der Waals surface area contributed by atoms with Crippen LogP contribution in [0.3, 0.4) is 0 Å². The van der Waals surface area contributed by atoms with Crippen molar-refractivity contribution in [1.29, 1.82) is 0 Å². The van der Waals surface area contributed by atoms with E-state index in [1.54, 1.807) is 0 Å². The average molecular weight is 526 g/mol. The van der Waals surface area contributed by atoms with Gasteiger partial charge in [-0.3, -0.25) is 4.79 Å². The van der Waals surface area contributed by atoms with Crippen LogP contribution >= 0.6 is 11.3 Å². The first-order valence-electron chi connectivity index (χ1n) is 12.5. The number of nitrogens with one attached hydrogen (secondary N) is 1. The van der Waals surface area contributed by atoms with E-state index in [2.05, 4.69) is 31.1 Å². The zero-order valence-electron chi connectivity index (χ0n) is 21.0. The van der Waals surface area contributed by atoms with Crippen molar-refractivity contribution < 1.29 is 27.4 Å². The summed E-state index contributed by atoms with van der Waals surface area (Å²) in [7, 11) is 0. The minimum Gasteiger partial charge on any atom is -0.491 e. The smallest absolute Gasteiger partial charge is 0.416 e. The summed E-state index contributed by atoms with van der Waals surface area (Å²) in [6, 6.07) is 3.12. The first-order valence-corrected chi connectivity index (χ1v) is 13.3. The molecule has 2 aliphatic heterocycles. The maximum absolute atomic E-state index is 13.5. The van der Waals surface area contributed by atoms with Crippen molar-refractivity contribution in [3.8, 4) is 5.75 Å². The minimum absolute atomic E-state index is 0.0249. The summed E-state index contributed by atoms with van der Waals surface area (Å²) in [6.45, 7) is 8.60. The Balaban J connectivity index is 1.68. The molecule has 2 aromatic rings. The molecular weight excluding hydrogens is 491 g/mol. The van der Waals surface area contributed by atoms with Crippen molar-refractivity contribution in [2.45, 2.75) is 83.2 Å². The van der Waals surface area contributed by atoms with Crippen molar-refractivity contribution in [3.63, 3.8) is 0 Å². The van der Waals surface area contributed by atoms with Crippen molar-refractivity contribution >= 4 is 17.2 Å². The SMILES string of the molecule is CC(C)(C)c1cn(CC2CCCO2)c(=NC(=O)c2cc(C(F)(F)F)ccc2OC[C@@H]2CCCCN2)s1. The van der Waals surface area contributed by atoms with Gasteiger partial charge in [0.1, 0.15) is 12.4 Å². The second-order valence-electron chi connectivity index (χ2n) is 10.5. The van der Waals surface area contributed by atoms with E-state index in [1.165, 1.54) is 17.4 Å². The molecule has 0 aliphatic carbocycles. The van der Waals surface area contributed by atoms with Crippen LogP contribution in [0.1, 0.15) is 73.7 Å². The number of carbonyl (C=O) groups excluding carboxylic acids is 1. The summed E-state index contributed by atoms with van der Waals surface area (Å²) in [5.41, 5.74) is -1.26. The highest BCUT2D eigenvalue weighted by Crippen LogP contribution is 2.33. The fourth-order valence-electron chi connectivity index (χ4n) is 4.36. The Morgan fingerprint density at radius 3 is 2.67 bits per heavy atom. The lowest BCUT2D eigenvalue weighted by atomic mass is 9.95. The van der Waals surface area contributed by atoms with Gasteiger partial charge in [0, 0.05) is 23.7 Å². The molecule has 3 heterocycles. The number of alkyl halides is 3. The van der Waals surface area contributed by atoms with Crippen molar-refractivity contribution in [3.05, 3.63) is 45.2 Å². The summed E-state index contributed by atoms with van der Waals surface area (Å²) in [5, 5.41) is 3.35. The summed E-state index contributed by atoms with van der Waals surface area (Å²) in [6.07, 6.45) is 2.38. The summed E-state index contributed by atoms with van der Waals surface area (Å²) >= 11 is 1.37. The van der Waals surface area contributed by atoms with E-state index in [0.717, 1.165) is 55.7 Å². The molecule has 0 saturated carbocycles. The van der Waals surface area contributed by atoms with Crippen LogP contribution in [0.5, 0.6) is 5.75 Å². The predicted octanol–water partition coefficient (Wildman–Crippen LogP) is 5.31. The largest absolute Gasteiger partial charge is 0.491 e. The molecule has 2 fully saturated rings.